The molecule has 0 saturated carbocycles. The van der Waals surface area contributed by atoms with Crippen molar-refractivity contribution in [2.45, 2.75) is 20.3 Å². The predicted octanol–water partition coefficient (Wildman–Crippen LogP) is 4.75. The van der Waals surface area contributed by atoms with E-state index in [2.05, 4.69) is 0 Å². The Labute approximate surface area is 160 Å². The van der Waals surface area contributed by atoms with E-state index in [1.54, 1.807) is 12.1 Å². The van der Waals surface area contributed by atoms with Crippen LogP contribution in [0.15, 0.2) is 33.9 Å². The Balaban J connectivity index is 2.13. The summed E-state index contributed by atoms with van der Waals surface area (Å²) < 4.78 is 58.3. The standard InChI is InChI=1S/C22H13F4NO2/c1-8(2)3-9-4-10-14(28)6-12-16-17(19(24)21(26)20(25)18(16)23)13-7-15(29)11(5-9)22(10)27(12)13/h4-8H,3H2,1-2H3. The molecule has 0 spiro atoms. The molecule has 5 aromatic rings. The molecule has 3 nitrogen and oxygen atoms in total. The molecule has 0 saturated heterocycles. The summed E-state index contributed by atoms with van der Waals surface area (Å²) in [5.41, 5.74) is -0.253. The fraction of sp³-hybridized carbons (Fsp3) is 0.182. The average molecular weight is 399 g/mol. The lowest BCUT2D eigenvalue weighted by Crippen LogP contribution is -2.11. The molecule has 0 atom stereocenters. The molecule has 0 bridgehead atoms. The first kappa shape index (κ1) is 17.8. The van der Waals surface area contributed by atoms with Gasteiger partial charge in [0.25, 0.3) is 0 Å². The molecule has 0 fully saturated rings. The fourth-order valence-electron chi connectivity index (χ4n) is 4.28. The third-order valence-corrected chi connectivity index (χ3v) is 5.36. The topological polar surface area (TPSA) is 38.5 Å². The van der Waals surface area contributed by atoms with Crippen LogP contribution in [0.25, 0.3) is 38.1 Å². The molecule has 5 rings (SSSR count). The van der Waals surface area contributed by atoms with E-state index >= 15 is 0 Å². The van der Waals surface area contributed by atoms with Crippen molar-refractivity contribution < 1.29 is 17.6 Å². The Hall–Kier alpha value is -3.22. The van der Waals surface area contributed by atoms with Crippen molar-refractivity contribution in [2.24, 2.45) is 5.92 Å². The van der Waals surface area contributed by atoms with Crippen LogP contribution in [0.5, 0.6) is 0 Å². The van der Waals surface area contributed by atoms with Crippen LogP contribution in [-0.4, -0.2) is 4.40 Å². The van der Waals surface area contributed by atoms with E-state index in [0.717, 1.165) is 17.7 Å². The van der Waals surface area contributed by atoms with Crippen LogP contribution >= 0.6 is 0 Å². The first-order valence-corrected chi connectivity index (χ1v) is 9.06. The minimum atomic E-state index is -1.96. The van der Waals surface area contributed by atoms with Gasteiger partial charge in [0.15, 0.2) is 34.1 Å². The fourth-order valence-corrected chi connectivity index (χ4v) is 4.28. The molecule has 0 amide bonds. The number of benzene rings is 2. The first-order valence-electron chi connectivity index (χ1n) is 9.06. The molecule has 0 N–H and O–H groups in total. The third-order valence-electron chi connectivity index (χ3n) is 5.36. The highest BCUT2D eigenvalue weighted by Crippen LogP contribution is 2.37. The molecular weight excluding hydrogens is 386 g/mol. The highest BCUT2D eigenvalue weighted by molar-refractivity contribution is 6.14. The molecule has 3 aromatic heterocycles. The Morgan fingerprint density at radius 1 is 0.759 bits per heavy atom. The number of pyridine rings is 2. The van der Waals surface area contributed by atoms with Gasteiger partial charge < -0.3 is 4.40 Å². The molecule has 0 radical (unpaired) electrons. The molecule has 7 heteroatoms. The van der Waals surface area contributed by atoms with Gasteiger partial charge in [0.1, 0.15) is 0 Å². The van der Waals surface area contributed by atoms with E-state index in [0.29, 0.717) is 6.42 Å². The highest BCUT2D eigenvalue weighted by atomic mass is 19.2. The van der Waals surface area contributed by atoms with Crippen LogP contribution in [0.2, 0.25) is 0 Å². The van der Waals surface area contributed by atoms with Crippen molar-refractivity contribution >= 4 is 38.1 Å². The minimum Gasteiger partial charge on any atom is -0.307 e. The van der Waals surface area contributed by atoms with Gasteiger partial charge in [-0.1, -0.05) is 13.8 Å². The number of halogens is 4. The second-order valence-electron chi connectivity index (χ2n) is 7.77. The molecule has 0 unspecified atom stereocenters. The van der Waals surface area contributed by atoms with Crippen LogP contribution < -0.4 is 10.9 Å². The summed E-state index contributed by atoms with van der Waals surface area (Å²) in [4.78, 5) is 25.6. The predicted molar refractivity (Wildman–Crippen MR) is 103 cm³/mol. The monoisotopic (exact) mass is 399 g/mol. The van der Waals surface area contributed by atoms with Crippen molar-refractivity contribution in [2.75, 3.05) is 0 Å². The Morgan fingerprint density at radius 2 is 1.21 bits per heavy atom. The second kappa shape index (κ2) is 5.65. The van der Waals surface area contributed by atoms with Crippen molar-refractivity contribution in [3.63, 3.8) is 0 Å². The van der Waals surface area contributed by atoms with Crippen LogP contribution in [0, 0.1) is 29.2 Å². The largest absolute Gasteiger partial charge is 0.307 e. The van der Waals surface area contributed by atoms with E-state index in [1.807, 2.05) is 13.8 Å². The second-order valence-corrected chi connectivity index (χ2v) is 7.77. The molecule has 146 valence electrons. The number of nitrogens with zero attached hydrogens (tertiary/aromatic N) is 1. The van der Waals surface area contributed by atoms with Gasteiger partial charge in [0, 0.05) is 22.9 Å². The van der Waals surface area contributed by atoms with E-state index in [-0.39, 0.29) is 33.2 Å². The maximum absolute atomic E-state index is 14.6. The molecular formula is C22H13F4NO2. The van der Waals surface area contributed by atoms with E-state index in [1.165, 1.54) is 4.40 Å². The zero-order valence-corrected chi connectivity index (χ0v) is 15.4. The van der Waals surface area contributed by atoms with Gasteiger partial charge in [-0.15, -0.1) is 0 Å². The maximum atomic E-state index is 14.6. The van der Waals surface area contributed by atoms with Crippen molar-refractivity contribution in [1.82, 2.24) is 4.40 Å². The maximum Gasteiger partial charge on any atom is 0.198 e. The normalized spacial score (nSPS) is 12.5. The number of hydrogen-bond donors (Lipinski definition) is 0. The molecule has 0 aliphatic heterocycles. The molecule has 0 aliphatic rings. The van der Waals surface area contributed by atoms with Gasteiger partial charge >= 0.3 is 0 Å². The number of fused-ring (bicyclic) bond motifs is 3. The summed E-state index contributed by atoms with van der Waals surface area (Å²) in [6.07, 6.45) is 0.633. The average Bonchev–Trinajstić information content (AvgIpc) is 2.98. The summed E-state index contributed by atoms with van der Waals surface area (Å²) in [7, 11) is 0. The number of aromatic nitrogens is 1. The summed E-state index contributed by atoms with van der Waals surface area (Å²) in [6.45, 7) is 3.99. The lowest BCUT2D eigenvalue weighted by atomic mass is 9.98. The Bertz CT molecular complexity index is 1480. The zero-order chi connectivity index (χ0) is 20.8. The molecule has 0 aliphatic carbocycles. The van der Waals surface area contributed by atoms with E-state index in [9.17, 15) is 27.2 Å². The lowest BCUT2D eigenvalue weighted by molar-refractivity contribution is 0.418. The van der Waals surface area contributed by atoms with Gasteiger partial charge in [-0.05, 0) is 30.0 Å². The quantitative estimate of drug-likeness (QED) is 0.244. The van der Waals surface area contributed by atoms with Gasteiger partial charge in [0.2, 0.25) is 0 Å². The number of rotatable bonds is 2. The Kier molecular flexibility index (Phi) is 3.48. The summed E-state index contributed by atoms with van der Waals surface area (Å²) in [5.74, 6) is -6.83. The smallest absolute Gasteiger partial charge is 0.198 e. The van der Waals surface area contributed by atoms with Crippen molar-refractivity contribution in [1.29, 1.82) is 0 Å². The van der Waals surface area contributed by atoms with E-state index in [4.69, 9.17) is 0 Å². The number of hydrogen-bond acceptors (Lipinski definition) is 2. The molecule has 2 aromatic carbocycles. The first-order chi connectivity index (χ1) is 13.7. The van der Waals surface area contributed by atoms with Gasteiger partial charge in [-0.2, -0.15) is 0 Å². The third kappa shape index (κ3) is 2.18. The summed E-state index contributed by atoms with van der Waals surface area (Å²) in [5, 5.41) is -0.678. The summed E-state index contributed by atoms with van der Waals surface area (Å²) >= 11 is 0. The van der Waals surface area contributed by atoms with E-state index < -0.39 is 44.9 Å². The lowest BCUT2D eigenvalue weighted by Gasteiger charge is -2.11. The summed E-state index contributed by atoms with van der Waals surface area (Å²) in [6, 6.07) is 5.45. The van der Waals surface area contributed by atoms with Crippen LogP contribution in [-0.2, 0) is 6.42 Å². The molecule has 3 heterocycles. The highest BCUT2D eigenvalue weighted by Gasteiger charge is 2.28. The van der Waals surface area contributed by atoms with Crippen LogP contribution in [0.4, 0.5) is 17.6 Å². The minimum absolute atomic E-state index is 0.107. The van der Waals surface area contributed by atoms with Gasteiger partial charge in [-0.25, -0.2) is 17.6 Å². The van der Waals surface area contributed by atoms with Crippen molar-refractivity contribution in [3.05, 3.63) is 73.5 Å². The molecule has 29 heavy (non-hydrogen) atoms. The van der Waals surface area contributed by atoms with Crippen molar-refractivity contribution in [3.8, 4) is 0 Å². The zero-order valence-electron chi connectivity index (χ0n) is 15.4. The van der Waals surface area contributed by atoms with Crippen LogP contribution in [0.3, 0.4) is 0 Å². The SMILES string of the molecule is CC(C)Cc1cc2c(=O)cc3c4c(F)c(F)c(F)c(F)c4c4cc(=O)c(c1)c2n34. The Morgan fingerprint density at radius 3 is 1.62 bits per heavy atom. The van der Waals surface area contributed by atoms with Crippen LogP contribution in [0.1, 0.15) is 19.4 Å². The van der Waals surface area contributed by atoms with Gasteiger partial charge in [-0.3, -0.25) is 9.59 Å². The van der Waals surface area contributed by atoms with Gasteiger partial charge in [0.05, 0.1) is 27.3 Å².